The highest BCUT2D eigenvalue weighted by Crippen LogP contribution is 2.36. The third kappa shape index (κ3) is 0.769. The van der Waals surface area contributed by atoms with Gasteiger partial charge in [-0.15, -0.1) is 0 Å². The Morgan fingerprint density at radius 1 is 1.10 bits per heavy atom. The standard InChI is InChI=1S/C6H10O4/c7-2-1-3-6(10-3)5(9)4(2)8/h2-9H,1H2/t2-,3+,4-,5+,6+/m0/s1. The number of ether oxygens (including phenoxy) is 1. The summed E-state index contributed by atoms with van der Waals surface area (Å²) in [6.07, 6.45) is -2.54. The molecule has 2 aliphatic rings. The van der Waals surface area contributed by atoms with Gasteiger partial charge in [-0.25, -0.2) is 0 Å². The molecule has 58 valence electrons. The molecule has 0 radical (unpaired) electrons. The maximum absolute atomic E-state index is 9.12. The predicted octanol–water partition coefficient (Wildman–Crippen LogP) is -1.76. The molecular formula is C6H10O4. The lowest BCUT2D eigenvalue weighted by Gasteiger charge is -2.24. The Hall–Kier alpha value is -0.160. The second-order valence-electron chi connectivity index (χ2n) is 2.92. The molecule has 1 aliphatic carbocycles. The number of epoxide rings is 1. The minimum atomic E-state index is -1.02. The quantitative estimate of drug-likeness (QED) is 0.354. The minimum Gasteiger partial charge on any atom is -0.390 e. The van der Waals surface area contributed by atoms with Crippen molar-refractivity contribution in [1.29, 1.82) is 0 Å². The zero-order chi connectivity index (χ0) is 7.30. The molecule has 2 rings (SSSR count). The maximum Gasteiger partial charge on any atom is 0.113 e. The summed E-state index contributed by atoms with van der Waals surface area (Å²) in [5, 5.41) is 27.2. The van der Waals surface area contributed by atoms with E-state index in [4.69, 9.17) is 20.1 Å². The van der Waals surface area contributed by atoms with Crippen molar-refractivity contribution >= 4 is 0 Å². The van der Waals surface area contributed by atoms with E-state index in [0.717, 1.165) is 0 Å². The Labute approximate surface area is 58.0 Å². The van der Waals surface area contributed by atoms with Crippen LogP contribution in [0, 0.1) is 0 Å². The zero-order valence-electron chi connectivity index (χ0n) is 5.34. The molecule has 10 heavy (non-hydrogen) atoms. The fourth-order valence-corrected chi connectivity index (χ4v) is 1.45. The second-order valence-corrected chi connectivity index (χ2v) is 2.92. The van der Waals surface area contributed by atoms with Crippen molar-refractivity contribution in [1.82, 2.24) is 0 Å². The summed E-state index contributed by atoms with van der Waals surface area (Å²) in [5.41, 5.74) is 0. The molecule has 0 amide bonds. The maximum atomic E-state index is 9.12. The summed E-state index contributed by atoms with van der Waals surface area (Å²) in [6.45, 7) is 0. The molecule has 5 atom stereocenters. The Morgan fingerprint density at radius 3 is 2.50 bits per heavy atom. The van der Waals surface area contributed by atoms with Gasteiger partial charge in [-0.1, -0.05) is 0 Å². The smallest absolute Gasteiger partial charge is 0.113 e. The number of fused-ring (bicyclic) bond motifs is 1. The van der Waals surface area contributed by atoms with Crippen LogP contribution in [0.2, 0.25) is 0 Å². The average molecular weight is 146 g/mol. The van der Waals surface area contributed by atoms with Gasteiger partial charge in [0.1, 0.15) is 18.3 Å². The van der Waals surface area contributed by atoms with E-state index in [1.807, 2.05) is 0 Å². The Balaban J connectivity index is 2.07. The van der Waals surface area contributed by atoms with Crippen LogP contribution in [0.1, 0.15) is 6.42 Å². The highest BCUT2D eigenvalue weighted by atomic mass is 16.6. The second kappa shape index (κ2) is 1.92. The minimum absolute atomic E-state index is 0.0200. The lowest BCUT2D eigenvalue weighted by atomic mass is 9.92. The summed E-state index contributed by atoms with van der Waals surface area (Å²) in [4.78, 5) is 0. The molecular weight excluding hydrogens is 136 g/mol. The first-order valence-electron chi connectivity index (χ1n) is 3.40. The third-order valence-electron chi connectivity index (χ3n) is 2.18. The van der Waals surface area contributed by atoms with Crippen LogP contribution in [-0.4, -0.2) is 45.8 Å². The van der Waals surface area contributed by atoms with E-state index in [0.29, 0.717) is 6.42 Å². The van der Waals surface area contributed by atoms with Crippen molar-refractivity contribution in [2.45, 2.75) is 36.9 Å². The van der Waals surface area contributed by atoms with Gasteiger partial charge < -0.3 is 20.1 Å². The summed E-state index contributed by atoms with van der Waals surface area (Å²) in [6, 6.07) is 0. The van der Waals surface area contributed by atoms with Gasteiger partial charge in [0.25, 0.3) is 0 Å². The molecule has 0 unspecified atom stereocenters. The van der Waals surface area contributed by atoms with Crippen LogP contribution in [0.4, 0.5) is 0 Å². The van der Waals surface area contributed by atoms with E-state index in [1.165, 1.54) is 0 Å². The summed E-state index contributed by atoms with van der Waals surface area (Å²) in [5.74, 6) is 0. The van der Waals surface area contributed by atoms with Crippen molar-refractivity contribution in [3.05, 3.63) is 0 Å². The fraction of sp³-hybridized carbons (Fsp3) is 1.00. The largest absolute Gasteiger partial charge is 0.390 e. The van der Waals surface area contributed by atoms with E-state index in [-0.39, 0.29) is 12.2 Å². The van der Waals surface area contributed by atoms with E-state index >= 15 is 0 Å². The molecule has 1 aliphatic heterocycles. The molecule has 0 aromatic rings. The molecule has 4 heteroatoms. The molecule has 3 N–H and O–H groups in total. The molecule has 4 nitrogen and oxygen atoms in total. The number of hydrogen-bond acceptors (Lipinski definition) is 4. The summed E-state index contributed by atoms with van der Waals surface area (Å²) in [7, 11) is 0. The van der Waals surface area contributed by atoms with Gasteiger partial charge in [-0.3, -0.25) is 0 Å². The number of aliphatic hydroxyl groups is 3. The number of rotatable bonds is 0. The monoisotopic (exact) mass is 146 g/mol. The molecule has 0 aromatic carbocycles. The van der Waals surface area contributed by atoms with E-state index in [9.17, 15) is 0 Å². The third-order valence-corrected chi connectivity index (χ3v) is 2.18. The van der Waals surface area contributed by atoms with Crippen LogP contribution in [0.5, 0.6) is 0 Å². The van der Waals surface area contributed by atoms with Crippen molar-refractivity contribution in [2.24, 2.45) is 0 Å². The first-order chi connectivity index (χ1) is 4.70. The van der Waals surface area contributed by atoms with Crippen molar-refractivity contribution < 1.29 is 20.1 Å². The Morgan fingerprint density at radius 2 is 1.80 bits per heavy atom. The van der Waals surface area contributed by atoms with Gasteiger partial charge in [0.15, 0.2) is 0 Å². The normalized spacial score (nSPS) is 59.7. The van der Waals surface area contributed by atoms with Gasteiger partial charge in [-0.05, 0) is 0 Å². The molecule has 1 saturated carbocycles. The van der Waals surface area contributed by atoms with Crippen LogP contribution in [0.15, 0.2) is 0 Å². The van der Waals surface area contributed by atoms with Crippen LogP contribution >= 0.6 is 0 Å². The van der Waals surface area contributed by atoms with E-state index in [1.54, 1.807) is 0 Å². The van der Waals surface area contributed by atoms with E-state index in [2.05, 4.69) is 0 Å². The van der Waals surface area contributed by atoms with Gasteiger partial charge in [0.05, 0.1) is 12.2 Å². The van der Waals surface area contributed by atoms with Crippen molar-refractivity contribution in [3.63, 3.8) is 0 Å². The Bertz CT molecular complexity index is 147. The topological polar surface area (TPSA) is 73.2 Å². The Kier molecular flexibility index (Phi) is 1.25. The van der Waals surface area contributed by atoms with Gasteiger partial charge in [0.2, 0.25) is 0 Å². The SMILES string of the molecule is O[C@@H]1[C@@H](O)[C@@H](O)C[C@H]2O[C@@H]12. The van der Waals surface area contributed by atoms with Crippen LogP contribution in [-0.2, 0) is 4.74 Å². The van der Waals surface area contributed by atoms with Crippen molar-refractivity contribution in [2.75, 3.05) is 0 Å². The molecule has 1 heterocycles. The highest BCUT2D eigenvalue weighted by Gasteiger charge is 2.54. The zero-order valence-corrected chi connectivity index (χ0v) is 5.34. The van der Waals surface area contributed by atoms with Gasteiger partial charge in [-0.2, -0.15) is 0 Å². The molecule has 0 spiro atoms. The number of aliphatic hydroxyl groups excluding tert-OH is 3. The average Bonchev–Trinajstić information content (AvgIpc) is 2.62. The van der Waals surface area contributed by atoms with Crippen LogP contribution in [0.25, 0.3) is 0 Å². The lowest BCUT2D eigenvalue weighted by Crippen LogP contribution is -2.45. The summed E-state index contributed by atoms with van der Waals surface area (Å²) < 4.78 is 4.96. The molecule has 1 saturated heterocycles. The predicted molar refractivity (Wildman–Crippen MR) is 31.3 cm³/mol. The first kappa shape index (κ1) is 6.54. The number of hydrogen-bond donors (Lipinski definition) is 3. The van der Waals surface area contributed by atoms with Gasteiger partial charge in [0, 0.05) is 6.42 Å². The highest BCUT2D eigenvalue weighted by molar-refractivity contribution is 5.02. The fourth-order valence-electron chi connectivity index (χ4n) is 1.45. The van der Waals surface area contributed by atoms with Crippen LogP contribution in [0.3, 0.4) is 0 Å². The summed E-state index contributed by atoms with van der Waals surface area (Å²) >= 11 is 0. The molecule has 0 bridgehead atoms. The molecule has 0 aromatic heterocycles. The van der Waals surface area contributed by atoms with Crippen molar-refractivity contribution in [3.8, 4) is 0 Å². The first-order valence-corrected chi connectivity index (χ1v) is 3.40. The van der Waals surface area contributed by atoms with Gasteiger partial charge >= 0.3 is 0 Å². The lowest BCUT2D eigenvalue weighted by molar-refractivity contribution is -0.0759. The van der Waals surface area contributed by atoms with E-state index < -0.39 is 18.3 Å². The van der Waals surface area contributed by atoms with Crippen LogP contribution < -0.4 is 0 Å². The molecule has 2 fully saturated rings.